The van der Waals surface area contributed by atoms with E-state index in [-0.39, 0.29) is 6.04 Å². The highest BCUT2D eigenvalue weighted by molar-refractivity contribution is 7.98. The maximum atomic E-state index is 5.78. The standard InChI is InChI=1S/C23H26N4OS3/c1-14(2)11-12-27-15(3)19(22-25-21(26-28-22)18-6-5-13-31-18)20(24-23(27)29)16-7-9-17(30-4)10-8-16/h5-10,13-14,20H,11-12H2,1-4H3,(H,24,29). The number of allylic oxidation sites excluding steroid dienone is 1. The fourth-order valence-electron chi connectivity index (χ4n) is 3.60. The first-order valence-electron chi connectivity index (χ1n) is 10.3. The zero-order chi connectivity index (χ0) is 22.0. The summed E-state index contributed by atoms with van der Waals surface area (Å²) in [4.78, 5) is 9.12. The number of thiocarbonyl (C=S) groups is 1. The highest BCUT2D eigenvalue weighted by Crippen LogP contribution is 2.38. The van der Waals surface area contributed by atoms with Gasteiger partial charge in [-0.1, -0.05) is 37.2 Å². The minimum Gasteiger partial charge on any atom is -0.351 e. The summed E-state index contributed by atoms with van der Waals surface area (Å²) in [7, 11) is 0. The second-order valence-electron chi connectivity index (χ2n) is 7.89. The summed E-state index contributed by atoms with van der Waals surface area (Å²) in [5.74, 6) is 1.73. The van der Waals surface area contributed by atoms with Gasteiger partial charge in [0.1, 0.15) is 0 Å². The van der Waals surface area contributed by atoms with Crippen molar-refractivity contribution in [2.75, 3.05) is 12.8 Å². The van der Waals surface area contributed by atoms with Crippen molar-refractivity contribution in [3.8, 4) is 10.7 Å². The average Bonchev–Trinajstić information content (AvgIpc) is 3.45. The Hall–Kier alpha value is -2.16. The number of nitrogens with one attached hydrogen (secondary N) is 1. The van der Waals surface area contributed by atoms with Crippen molar-refractivity contribution in [2.45, 2.75) is 38.1 Å². The second kappa shape index (κ2) is 9.54. The normalized spacial score (nSPS) is 16.9. The summed E-state index contributed by atoms with van der Waals surface area (Å²) < 4.78 is 5.78. The number of benzene rings is 1. The molecule has 1 atom stereocenters. The Bertz CT molecular complexity index is 1070. The Balaban J connectivity index is 1.77. The van der Waals surface area contributed by atoms with Crippen LogP contribution in [-0.4, -0.2) is 33.0 Å². The largest absolute Gasteiger partial charge is 0.351 e. The van der Waals surface area contributed by atoms with Gasteiger partial charge < -0.3 is 14.7 Å². The van der Waals surface area contributed by atoms with Crippen LogP contribution in [0.15, 0.2) is 56.9 Å². The molecule has 8 heteroatoms. The molecule has 0 radical (unpaired) electrons. The van der Waals surface area contributed by atoms with Gasteiger partial charge in [-0.05, 0) is 66.9 Å². The summed E-state index contributed by atoms with van der Waals surface area (Å²) >= 11 is 9.09. The molecule has 0 spiro atoms. The molecule has 0 amide bonds. The van der Waals surface area contributed by atoms with Gasteiger partial charge in [0, 0.05) is 17.1 Å². The first-order chi connectivity index (χ1) is 15.0. The number of aromatic nitrogens is 2. The lowest BCUT2D eigenvalue weighted by atomic mass is 9.94. The number of hydrogen-bond acceptors (Lipinski definition) is 6. The fourth-order valence-corrected chi connectivity index (χ4v) is 5.00. The van der Waals surface area contributed by atoms with Crippen molar-refractivity contribution in [3.05, 3.63) is 58.9 Å². The summed E-state index contributed by atoms with van der Waals surface area (Å²) in [6.07, 6.45) is 3.12. The topological polar surface area (TPSA) is 54.2 Å². The Morgan fingerprint density at radius 3 is 2.68 bits per heavy atom. The molecule has 4 rings (SSSR count). The van der Waals surface area contributed by atoms with E-state index in [0.717, 1.165) is 39.8 Å². The first kappa shape index (κ1) is 22.0. The number of thioether (sulfide) groups is 1. The van der Waals surface area contributed by atoms with E-state index < -0.39 is 0 Å². The smallest absolute Gasteiger partial charge is 0.258 e. The molecule has 5 nitrogen and oxygen atoms in total. The molecule has 31 heavy (non-hydrogen) atoms. The first-order valence-corrected chi connectivity index (χ1v) is 12.8. The molecule has 3 aromatic rings. The third-order valence-corrected chi connectivity index (χ3v) is 7.32. The van der Waals surface area contributed by atoms with Gasteiger partial charge in [0.05, 0.1) is 16.5 Å². The van der Waals surface area contributed by atoms with Gasteiger partial charge in [-0.2, -0.15) is 4.98 Å². The summed E-state index contributed by atoms with van der Waals surface area (Å²) in [5, 5.41) is 10.5. The molecule has 0 fully saturated rings. The molecule has 0 saturated carbocycles. The predicted octanol–water partition coefficient (Wildman–Crippen LogP) is 6.23. The van der Waals surface area contributed by atoms with E-state index in [1.54, 1.807) is 23.1 Å². The lowest BCUT2D eigenvalue weighted by Crippen LogP contribution is -2.46. The predicted molar refractivity (Wildman–Crippen MR) is 133 cm³/mol. The third kappa shape index (κ3) is 4.71. The molecule has 0 bridgehead atoms. The van der Waals surface area contributed by atoms with Gasteiger partial charge in [-0.15, -0.1) is 23.1 Å². The Morgan fingerprint density at radius 1 is 1.26 bits per heavy atom. The van der Waals surface area contributed by atoms with Crippen LogP contribution in [0.25, 0.3) is 16.3 Å². The molecule has 0 aliphatic carbocycles. The number of rotatable bonds is 7. The van der Waals surface area contributed by atoms with Crippen molar-refractivity contribution < 1.29 is 4.52 Å². The Morgan fingerprint density at radius 2 is 2.03 bits per heavy atom. The minimum absolute atomic E-state index is 0.143. The number of thiophene rings is 1. The van der Waals surface area contributed by atoms with Crippen LogP contribution < -0.4 is 5.32 Å². The van der Waals surface area contributed by atoms with Crippen molar-refractivity contribution in [1.82, 2.24) is 20.4 Å². The van der Waals surface area contributed by atoms with Crippen LogP contribution in [-0.2, 0) is 0 Å². The maximum absolute atomic E-state index is 5.78. The third-order valence-electron chi connectivity index (χ3n) is 5.37. The van der Waals surface area contributed by atoms with Crippen LogP contribution in [0.3, 0.4) is 0 Å². The van der Waals surface area contributed by atoms with Gasteiger partial charge in [0.25, 0.3) is 5.89 Å². The summed E-state index contributed by atoms with van der Waals surface area (Å²) in [5.41, 5.74) is 3.16. The fraction of sp³-hybridized carbons (Fsp3) is 0.348. The number of nitrogens with zero attached hydrogens (tertiary/aromatic N) is 3. The Kier molecular flexibility index (Phi) is 6.79. The average molecular weight is 471 g/mol. The van der Waals surface area contributed by atoms with Gasteiger partial charge in [-0.25, -0.2) is 0 Å². The molecule has 2 aromatic heterocycles. The van der Waals surface area contributed by atoms with Crippen LogP contribution in [0.1, 0.15) is 44.7 Å². The molecule has 1 aromatic carbocycles. The molecule has 3 heterocycles. The maximum Gasteiger partial charge on any atom is 0.258 e. The van der Waals surface area contributed by atoms with Crippen molar-refractivity contribution in [3.63, 3.8) is 0 Å². The lowest BCUT2D eigenvalue weighted by Gasteiger charge is -2.37. The van der Waals surface area contributed by atoms with E-state index in [2.05, 4.69) is 66.7 Å². The van der Waals surface area contributed by atoms with Crippen LogP contribution in [0.2, 0.25) is 0 Å². The van der Waals surface area contributed by atoms with Crippen LogP contribution in [0.4, 0.5) is 0 Å². The molecule has 1 aliphatic rings. The van der Waals surface area contributed by atoms with Gasteiger partial charge in [0.15, 0.2) is 5.11 Å². The molecule has 0 saturated heterocycles. The van der Waals surface area contributed by atoms with Crippen LogP contribution in [0.5, 0.6) is 0 Å². The van der Waals surface area contributed by atoms with E-state index in [4.69, 9.17) is 21.7 Å². The monoisotopic (exact) mass is 470 g/mol. The van der Waals surface area contributed by atoms with Gasteiger partial charge in [0.2, 0.25) is 5.82 Å². The molecular weight excluding hydrogens is 444 g/mol. The van der Waals surface area contributed by atoms with Gasteiger partial charge in [-0.3, -0.25) is 0 Å². The van der Waals surface area contributed by atoms with E-state index in [0.29, 0.717) is 17.6 Å². The van der Waals surface area contributed by atoms with E-state index in [1.807, 2.05) is 17.5 Å². The zero-order valence-corrected chi connectivity index (χ0v) is 20.5. The van der Waals surface area contributed by atoms with Crippen LogP contribution in [0, 0.1) is 5.92 Å². The molecule has 1 aliphatic heterocycles. The quantitative estimate of drug-likeness (QED) is 0.324. The van der Waals surface area contributed by atoms with Crippen LogP contribution >= 0.6 is 35.3 Å². The van der Waals surface area contributed by atoms with E-state index in [9.17, 15) is 0 Å². The SMILES string of the molecule is CSc1ccc(C2NC(=S)N(CCC(C)C)C(C)=C2c2nc(-c3cccs3)no2)cc1. The van der Waals surface area contributed by atoms with Crippen molar-refractivity contribution in [2.24, 2.45) is 5.92 Å². The minimum atomic E-state index is -0.143. The molecule has 162 valence electrons. The zero-order valence-electron chi connectivity index (χ0n) is 18.1. The highest BCUT2D eigenvalue weighted by atomic mass is 32.2. The second-order valence-corrected chi connectivity index (χ2v) is 10.1. The summed E-state index contributed by atoms with van der Waals surface area (Å²) in [6.45, 7) is 7.40. The lowest BCUT2D eigenvalue weighted by molar-refractivity contribution is 0.390. The highest BCUT2D eigenvalue weighted by Gasteiger charge is 2.34. The summed E-state index contributed by atoms with van der Waals surface area (Å²) in [6, 6.07) is 12.4. The Labute approximate surface area is 196 Å². The van der Waals surface area contributed by atoms with E-state index in [1.165, 1.54) is 4.90 Å². The molecular formula is C23H26N4OS3. The molecule has 1 N–H and O–H groups in total. The van der Waals surface area contributed by atoms with Crippen molar-refractivity contribution >= 4 is 46.0 Å². The molecule has 1 unspecified atom stereocenters. The van der Waals surface area contributed by atoms with Gasteiger partial charge >= 0.3 is 0 Å². The van der Waals surface area contributed by atoms with Crippen molar-refractivity contribution in [1.29, 1.82) is 0 Å². The number of hydrogen-bond donors (Lipinski definition) is 1. The van der Waals surface area contributed by atoms with E-state index >= 15 is 0 Å².